The van der Waals surface area contributed by atoms with E-state index < -0.39 is 0 Å². The van der Waals surface area contributed by atoms with Crippen LogP contribution in [0, 0.1) is 0 Å². The second-order valence-corrected chi connectivity index (χ2v) is 8.37. The van der Waals surface area contributed by atoms with Gasteiger partial charge in [-0.1, -0.05) is 57.9 Å². The number of rotatable bonds is 5. The van der Waals surface area contributed by atoms with Crippen molar-refractivity contribution in [2.45, 2.75) is 6.92 Å². The van der Waals surface area contributed by atoms with E-state index in [4.69, 9.17) is 16.3 Å². The Balaban J connectivity index is 1.76. The first kappa shape index (κ1) is 19.9. The molecule has 146 valence electrons. The molecule has 2 aromatic heterocycles. The highest BCUT2D eigenvalue weighted by Gasteiger charge is 2.21. The Hall–Kier alpha value is -2.41. The quantitative estimate of drug-likeness (QED) is 0.238. The number of aliphatic imine (C=N–C) groups is 1. The molecule has 0 amide bonds. The van der Waals surface area contributed by atoms with Gasteiger partial charge in [-0.2, -0.15) is 0 Å². The van der Waals surface area contributed by atoms with Gasteiger partial charge in [0.15, 0.2) is 0 Å². The van der Waals surface area contributed by atoms with Crippen molar-refractivity contribution in [2.24, 2.45) is 4.99 Å². The summed E-state index contributed by atoms with van der Waals surface area (Å²) in [6.45, 7) is 2.09. The molecule has 4 nitrogen and oxygen atoms in total. The fourth-order valence-corrected chi connectivity index (χ4v) is 4.46. The van der Waals surface area contributed by atoms with Gasteiger partial charge in [0.2, 0.25) is 0 Å². The Labute approximate surface area is 185 Å². The standard InChI is InChI=1S/C22H16BrClN2O2S/c1-2-28-22(27)19-16(13-7-9-14(23)10-8-13)12-29-21(19)25-11-18-20(24)15-5-3-4-6-17(15)26-18/h3-12,26H,2H2,1H3. The number of ether oxygens (including phenoxy) is 1. The number of carbonyl (C=O) groups is 1. The van der Waals surface area contributed by atoms with Crippen molar-refractivity contribution >= 4 is 67.0 Å². The number of aromatic amines is 1. The first-order chi connectivity index (χ1) is 14.1. The van der Waals surface area contributed by atoms with Gasteiger partial charge >= 0.3 is 5.97 Å². The molecule has 0 saturated heterocycles. The summed E-state index contributed by atoms with van der Waals surface area (Å²) in [6, 6.07) is 15.6. The number of aromatic nitrogens is 1. The zero-order valence-electron chi connectivity index (χ0n) is 15.4. The van der Waals surface area contributed by atoms with Crippen molar-refractivity contribution in [3.8, 4) is 11.1 Å². The van der Waals surface area contributed by atoms with E-state index in [1.807, 2.05) is 53.9 Å². The van der Waals surface area contributed by atoms with Gasteiger partial charge in [0, 0.05) is 26.3 Å². The summed E-state index contributed by atoms with van der Waals surface area (Å²) in [7, 11) is 0. The number of carbonyl (C=O) groups excluding carboxylic acids is 1. The molecule has 2 aromatic carbocycles. The summed E-state index contributed by atoms with van der Waals surface area (Å²) >= 11 is 11.3. The minimum absolute atomic E-state index is 0.297. The lowest BCUT2D eigenvalue weighted by molar-refractivity contribution is 0.0529. The third-order valence-electron chi connectivity index (χ3n) is 4.39. The number of benzene rings is 2. The first-order valence-electron chi connectivity index (χ1n) is 8.93. The van der Waals surface area contributed by atoms with Crippen molar-refractivity contribution in [2.75, 3.05) is 6.61 Å². The summed E-state index contributed by atoms with van der Waals surface area (Å²) in [5, 5.41) is 4.04. The zero-order valence-corrected chi connectivity index (χ0v) is 18.6. The SMILES string of the molecule is CCOC(=O)c1c(-c2ccc(Br)cc2)csc1N=Cc1[nH]c2ccccc2c1Cl. The van der Waals surface area contributed by atoms with E-state index in [-0.39, 0.29) is 5.97 Å². The fourth-order valence-electron chi connectivity index (χ4n) is 3.03. The molecular weight excluding hydrogens is 472 g/mol. The van der Waals surface area contributed by atoms with Gasteiger partial charge in [-0.25, -0.2) is 9.79 Å². The van der Waals surface area contributed by atoms with Gasteiger partial charge in [-0.3, -0.25) is 0 Å². The molecule has 0 spiro atoms. The topological polar surface area (TPSA) is 54.4 Å². The van der Waals surface area contributed by atoms with Crippen LogP contribution in [0.15, 0.2) is 63.4 Å². The van der Waals surface area contributed by atoms with E-state index in [1.54, 1.807) is 13.1 Å². The molecule has 7 heteroatoms. The third kappa shape index (κ3) is 4.01. The number of hydrogen-bond acceptors (Lipinski definition) is 4. The normalized spacial score (nSPS) is 11.4. The van der Waals surface area contributed by atoms with E-state index in [1.165, 1.54) is 11.3 Å². The number of esters is 1. The van der Waals surface area contributed by atoms with Crippen LogP contribution in [0.4, 0.5) is 5.00 Å². The fraction of sp³-hybridized carbons (Fsp3) is 0.0909. The molecule has 4 aromatic rings. The molecule has 0 aliphatic heterocycles. The van der Waals surface area contributed by atoms with Crippen LogP contribution in [0.25, 0.3) is 22.0 Å². The summed E-state index contributed by atoms with van der Waals surface area (Å²) < 4.78 is 6.26. The maximum atomic E-state index is 12.7. The summed E-state index contributed by atoms with van der Waals surface area (Å²) in [6.07, 6.45) is 1.66. The van der Waals surface area contributed by atoms with Crippen molar-refractivity contribution in [3.05, 3.63) is 74.7 Å². The van der Waals surface area contributed by atoms with E-state index in [9.17, 15) is 4.79 Å². The van der Waals surface area contributed by atoms with Gasteiger partial charge in [-0.15, -0.1) is 11.3 Å². The number of nitrogens with one attached hydrogen (secondary N) is 1. The predicted octanol–water partition coefficient (Wildman–Crippen LogP) is 7.24. The van der Waals surface area contributed by atoms with Crippen LogP contribution in [0.5, 0.6) is 0 Å². The number of H-pyrrole nitrogens is 1. The summed E-state index contributed by atoms with van der Waals surface area (Å²) in [5.74, 6) is -0.387. The minimum Gasteiger partial charge on any atom is -0.462 e. The van der Waals surface area contributed by atoms with E-state index in [0.29, 0.717) is 27.9 Å². The highest BCUT2D eigenvalue weighted by Crippen LogP contribution is 2.38. The van der Waals surface area contributed by atoms with Gasteiger partial charge in [0.25, 0.3) is 0 Å². The monoisotopic (exact) mass is 486 g/mol. The van der Waals surface area contributed by atoms with Gasteiger partial charge in [0.1, 0.15) is 10.6 Å². The third-order valence-corrected chi connectivity index (χ3v) is 6.21. The number of fused-ring (bicyclic) bond motifs is 1. The Bertz CT molecular complexity index is 1210. The van der Waals surface area contributed by atoms with Crippen LogP contribution in [-0.2, 0) is 4.74 Å². The average Bonchev–Trinajstić information content (AvgIpc) is 3.29. The Kier molecular flexibility index (Phi) is 5.85. The van der Waals surface area contributed by atoms with Crippen molar-refractivity contribution in [1.29, 1.82) is 0 Å². The molecule has 4 rings (SSSR count). The maximum absolute atomic E-state index is 12.7. The van der Waals surface area contributed by atoms with Crippen molar-refractivity contribution < 1.29 is 9.53 Å². The second kappa shape index (κ2) is 8.53. The molecule has 2 heterocycles. The van der Waals surface area contributed by atoms with E-state index in [0.717, 1.165) is 26.5 Å². The lowest BCUT2D eigenvalue weighted by atomic mass is 10.0. The van der Waals surface area contributed by atoms with Crippen molar-refractivity contribution in [3.63, 3.8) is 0 Å². The largest absolute Gasteiger partial charge is 0.462 e. The molecule has 0 bridgehead atoms. The summed E-state index contributed by atoms with van der Waals surface area (Å²) in [4.78, 5) is 20.5. The second-order valence-electron chi connectivity index (χ2n) is 6.21. The Morgan fingerprint density at radius 2 is 2.00 bits per heavy atom. The molecular formula is C22H16BrClN2O2S. The molecule has 0 unspecified atom stereocenters. The number of nitrogens with zero attached hydrogens (tertiary/aromatic N) is 1. The number of thiophene rings is 1. The Morgan fingerprint density at radius 1 is 1.24 bits per heavy atom. The number of para-hydroxylation sites is 1. The van der Waals surface area contributed by atoms with Gasteiger partial charge in [0.05, 0.1) is 23.5 Å². The molecule has 0 aliphatic rings. The molecule has 0 saturated carbocycles. The van der Waals surface area contributed by atoms with E-state index >= 15 is 0 Å². The highest BCUT2D eigenvalue weighted by atomic mass is 79.9. The molecule has 0 radical (unpaired) electrons. The van der Waals surface area contributed by atoms with Crippen LogP contribution in [0.1, 0.15) is 23.0 Å². The van der Waals surface area contributed by atoms with Crippen LogP contribution < -0.4 is 0 Å². The van der Waals surface area contributed by atoms with Crippen LogP contribution >= 0.6 is 38.9 Å². The van der Waals surface area contributed by atoms with Crippen molar-refractivity contribution in [1.82, 2.24) is 4.98 Å². The molecule has 0 atom stereocenters. The number of hydrogen-bond donors (Lipinski definition) is 1. The Morgan fingerprint density at radius 3 is 2.72 bits per heavy atom. The average molecular weight is 488 g/mol. The van der Waals surface area contributed by atoms with Crippen LogP contribution in [0.3, 0.4) is 0 Å². The first-order valence-corrected chi connectivity index (χ1v) is 11.0. The lowest BCUT2D eigenvalue weighted by Crippen LogP contribution is -2.05. The molecule has 0 aliphatic carbocycles. The molecule has 0 fully saturated rings. The summed E-state index contributed by atoms with van der Waals surface area (Å²) in [5.41, 5.74) is 3.82. The predicted molar refractivity (Wildman–Crippen MR) is 124 cm³/mol. The van der Waals surface area contributed by atoms with E-state index in [2.05, 4.69) is 25.9 Å². The lowest BCUT2D eigenvalue weighted by Gasteiger charge is -2.06. The van der Waals surface area contributed by atoms with Gasteiger partial charge in [-0.05, 0) is 30.7 Å². The maximum Gasteiger partial charge on any atom is 0.341 e. The molecule has 29 heavy (non-hydrogen) atoms. The molecule has 1 N–H and O–H groups in total. The minimum atomic E-state index is -0.387. The van der Waals surface area contributed by atoms with Crippen LogP contribution in [-0.4, -0.2) is 23.8 Å². The highest BCUT2D eigenvalue weighted by molar-refractivity contribution is 9.10. The van der Waals surface area contributed by atoms with Gasteiger partial charge < -0.3 is 9.72 Å². The van der Waals surface area contributed by atoms with Crippen LogP contribution in [0.2, 0.25) is 5.02 Å². The number of halogens is 2. The smallest absolute Gasteiger partial charge is 0.341 e. The zero-order chi connectivity index (χ0) is 20.4.